The molecule has 0 aliphatic rings. The summed E-state index contributed by atoms with van der Waals surface area (Å²) >= 11 is 0. The van der Waals surface area contributed by atoms with Crippen LogP contribution in [0.1, 0.15) is 0 Å². The topological polar surface area (TPSA) is 60.7 Å². The van der Waals surface area contributed by atoms with Crippen LogP contribution in [0.4, 0.5) is 0 Å². The lowest BCUT2D eigenvalue weighted by Gasteiger charge is -1.98. The predicted octanol–water partition coefficient (Wildman–Crippen LogP) is 2.05. The lowest BCUT2D eigenvalue weighted by Crippen LogP contribution is -1.73. The highest BCUT2D eigenvalue weighted by atomic mass is 35.5. The third-order valence-corrected chi connectivity index (χ3v) is 1.88. The third-order valence-electron chi connectivity index (χ3n) is 1.88. The van der Waals surface area contributed by atoms with Crippen LogP contribution in [0, 0.1) is 0 Å². The molecule has 0 atom stereocenters. The van der Waals surface area contributed by atoms with Gasteiger partial charge < -0.3 is 14.7 Å². The van der Waals surface area contributed by atoms with Crippen molar-refractivity contribution >= 4 is 44.1 Å². The highest BCUT2D eigenvalue weighted by molar-refractivity contribution is 7.38. The van der Waals surface area contributed by atoms with Gasteiger partial charge in [-0.05, 0) is 11.1 Å². The maximum absolute atomic E-state index is 7.23. The minimum atomic E-state index is -2.62. The first-order chi connectivity index (χ1) is 7.70. The molecular formula is C12H16ClMgO3P. The Kier molecular flexibility index (Phi) is 13.3. The van der Waals surface area contributed by atoms with Gasteiger partial charge in [0.2, 0.25) is 0 Å². The fraction of sp³-hybridized carbons (Fsp3) is 0. The van der Waals surface area contributed by atoms with Gasteiger partial charge in [-0.15, -0.1) is 12.4 Å². The highest BCUT2D eigenvalue weighted by Gasteiger charge is 1.91. The Labute approximate surface area is 130 Å². The van der Waals surface area contributed by atoms with Crippen molar-refractivity contribution in [3.8, 4) is 11.1 Å². The Bertz CT molecular complexity index is 360. The van der Waals surface area contributed by atoms with Crippen molar-refractivity contribution in [1.29, 1.82) is 0 Å². The van der Waals surface area contributed by atoms with Gasteiger partial charge in [0.15, 0.2) is 0 Å². The van der Waals surface area contributed by atoms with Crippen LogP contribution in [0.3, 0.4) is 0 Å². The highest BCUT2D eigenvalue weighted by Crippen LogP contribution is 2.17. The largest absolute Gasteiger partial charge is 0.328 e. The zero-order chi connectivity index (χ0) is 11.8. The van der Waals surface area contributed by atoms with E-state index in [-0.39, 0.29) is 35.5 Å². The van der Waals surface area contributed by atoms with Gasteiger partial charge in [-0.25, -0.2) is 0 Å². The lowest BCUT2D eigenvalue weighted by atomic mass is 10.1. The molecule has 3 nitrogen and oxygen atoms in total. The van der Waals surface area contributed by atoms with Gasteiger partial charge in [0, 0.05) is 0 Å². The second-order valence-electron chi connectivity index (χ2n) is 3.00. The first-order valence-corrected chi connectivity index (χ1v) is 5.87. The maximum Gasteiger partial charge on any atom is 0.324 e. The van der Waals surface area contributed by atoms with E-state index in [9.17, 15) is 0 Å². The van der Waals surface area contributed by atoms with Gasteiger partial charge in [-0.2, -0.15) is 0 Å². The molecule has 2 rings (SSSR count). The average molecular weight is 299 g/mol. The van der Waals surface area contributed by atoms with Crippen LogP contribution in [0.2, 0.25) is 0 Å². The van der Waals surface area contributed by atoms with Crippen molar-refractivity contribution in [3.05, 3.63) is 60.7 Å². The number of rotatable bonds is 1. The minimum absolute atomic E-state index is 0. The summed E-state index contributed by atoms with van der Waals surface area (Å²) in [5, 5.41) is 0. The van der Waals surface area contributed by atoms with E-state index in [1.807, 2.05) is 12.1 Å². The van der Waals surface area contributed by atoms with Gasteiger partial charge in [0.1, 0.15) is 0 Å². The van der Waals surface area contributed by atoms with E-state index in [4.69, 9.17) is 14.7 Å². The second-order valence-corrected chi connectivity index (χ2v) is 3.54. The van der Waals surface area contributed by atoms with Crippen LogP contribution in [-0.2, 0) is 0 Å². The van der Waals surface area contributed by atoms with E-state index < -0.39 is 8.60 Å². The van der Waals surface area contributed by atoms with Gasteiger partial charge in [-0.3, -0.25) is 0 Å². The van der Waals surface area contributed by atoms with E-state index in [1.165, 1.54) is 11.1 Å². The summed E-state index contributed by atoms with van der Waals surface area (Å²) in [6.45, 7) is 0. The molecule has 96 valence electrons. The molecule has 0 heterocycles. The second kappa shape index (κ2) is 11.9. The lowest BCUT2D eigenvalue weighted by molar-refractivity contribution is 0.368. The normalized spacial score (nSPS) is 8.44. The molecule has 2 aromatic carbocycles. The number of hydrogen-bond acceptors (Lipinski definition) is 3. The van der Waals surface area contributed by atoms with Crippen molar-refractivity contribution < 1.29 is 14.7 Å². The number of hydrogen-bond donors (Lipinski definition) is 3. The van der Waals surface area contributed by atoms with Crippen LogP contribution >= 0.6 is 21.0 Å². The summed E-state index contributed by atoms with van der Waals surface area (Å²) in [4.78, 5) is 21.7. The van der Waals surface area contributed by atoms with Gasteiger partial charge in [0.05, 0.1) is 0 Å². The first kappa shape index (κ1) is 20.1. The van der Waals surface area contributed by atoms with E-state index in [0.29, 0.717) is 0 Å². The number of benzene rings is 2. The summed E-state index contributed by atoms with van der Waals surface area (Å²) in [6, 6.07) is 20.8. The molecule has 0 aromatic heterocycles. The Morgan fingerprint density at radius 3 is 1.06 bits per heavy atom. The molecule has 0 aliphatic carbocycles. The van der Waals surface area contributed by atoms with Gasteiger partial charge in [-0.1, -0.05) is 60.7 Å². The van der Waals surface area contributed by atoms with Gasteiger partial charge in [0.25, 0.3) is 0 Å². The van der Waals surface area contributed by atoms with Crippen LogP contribution in [0.5, 0.6) is 0 Å². The zero-order valence-electron chi connectivity index (χ0n) is 8.97. The molecule has 3 N–H and O–H groups in total. The molecule has 0 bridgehead atoms. The summed E-state index contributed by atoms with van der Waals surface area (Å²) in [5.41, 5.74) is 2.55. The van der Waals surface area contributed by atoms with Crippen LogP contribution in [-0.4, -0.2) is 37.7 Å². The molecule has 0 aliphatic heterocycles. The predicted molar refractivity (Wildman–Crippen MR) is 81.2 cm³/mol. The summed E-state index contributed by atoms with van der Waals surface area (Å²) < 4.78 is 0. The molecule has 0 spiro atoms. The van der Waals surface area contributed by atoms with E-state index >= 15 is 0 Å². The Balaban J connectivity index is 0. The van der Waals surface area contributed by atoms with Crippen LogP contribution < -0.4 is 0 Å². The summed E-state index contributed by atoms with van der Waals surface area (Å²) in [7, 11) is -2.62. The minimum Gasteiger partial charge on any atom is -0.328 e. The summed E-state index contributed by atoms with van der Waals surface area (Å²) in [6.07, 6.45) is 0. The van der Waals surface area contributed by atoms with Crippen molar-refractivity contribution in [2.24, 2.45) is 0 Å². The number of halogens is 1. The summed E-state index contributed by atoms with van der Waals surface area (Å²) in [5.74, 6) is 0. The fourth-order valence-electron chi connectivity index (χ4n) is 1.26. The maximum atomic E-state index is 7.23. The quantitative estimate of drug-likeness (QED) is 0.558. The van der Waals surface area contributed by atoms with Gasteiger partial charge >= 0.3 is 31.7 Å². The smallest absolute Gasteiger partial charge is 0.324 e. The van der Waals surface area contributed by atoms with E-state index in [1.54, 1.807) is 0 Å². The SMILES string of the molecule is Cl.OP(O)O.[MgH2].c1ccc(-c2ccccc2)cc1. The molecule has 0 fully saturated rings. The van der Waals surface area contributed by atoms with Crippen molar-refractivity contribution in [1.82, 2.24) is 0 Å². The van der Waals surface area contributed by atoms with Crippen molar-refractivity contribution in [2.45, 2.75) is 0 Å². The molecule has 0 saturated heterocycles. The third kappa shape index (κ3) is 8.83. The molecule has 0 radical (unpaired) electrons. The molecule has 2 aromatic rings. The first-order valence-electron chi connectivity index (χ1n) is 4.67. The van der Waals surface area contributed by atoms with Crippen molar-refractivity contribution in [3.63, 3.8) is 0 Å². The molecule has 0 saturated carbocycles. The zero-order valence-corrected chi connectivity index (χ0v) is 10.7. The molecule has 0 unspecified atom stereocenters. The van der Waals surface area contributed by atoms with Crippen molar-refractivity contribution in [2.75, 3.05) is 0 Å². The van der Waals surface area contributed by atoms with E-state index in [2.05, 4.69) is 48.5 Å². The van der Waals surface area contributed by atoms with Crippen LogP contribution in [0.25, 0.3) is 11.1 Å². The Morgan fingerprint density at radius 2 is 0.833 bits per heavy atom. The molecule has 6 heteroatoms. The molecule has 18 heavy (non-hydrogen) atoms. The molecular weight excluding hydrogens is 283 g/mol. The standard InChI is InChI=1S/C12H10.ClH.Mg.H3O3P.2H/c1-3-7-11(8-4-1)12-9-5-2-6-10-12;;;1-4(2)3;;/h1-10H;1H;;1-3H;;. The average Bonchev–Trinajstić information content (AvgIpc) is 2.31. The fourth-order valence-corrected chi connectivity index (χ4v) is 1.26. The Hall–Kier alpha value is -0.194. The Morgan fingerprint density at radius 1 is 0.611 bits per heavy atom. The van der Waals surface area contributed by atoms with E-state index in [0.717, 1.165) is 0 Å². The van der Waals surface area contributed by atoms with Crippen LogP contribution in [0.15, 0.2) is 60.7 Å². The molecule has 0 amide bonds. The monoisotopic (exact) mass is 298 g/mol.